The highest BCUT2D eigenvalue weighted by Gasteiger charge is 2.30. The second-order valence-corrected chi connectivity index (χ2v) is 8.64. The maximum absolute atomic E-state index is 12.6. The fraction of sp³-hybridized carbons (Fsp3) is 0.545. The number of hydrogen-bond acceptors (Lipinski definition) is 5. The van der Waals surface area contributed by atoms with Crippen molar-refractivity contribution in [1.82, 2.24) is 14.8 Å². The Balaban J connectivity index is 1.55. The van der Waals surface area contributed by atoms with E-state index in [4.69, 9.17) is 5.73 Å². The van der Waals surface area contributed by atoms with Gasteiger partial charge in [-0.1, -0.05) is 62.2 Å². The standard InChI is InChI=1S/C22H30N4O2S/c1-2-3-4-5-6-16-7-9-17(10-8-16)19(27)15-29-22-25-24-21(18-11-12-18)26(22)14-13-20(23)28/h7-10,18H,2-6,11-15H2,1H3,(H2,23,28). The summed E-state index contributed by atoms with van der Waals surface area (Å²) in [5, 5.41) is 9.23. The van der Waals surface area contributed by atoms with Crippen LogP contribution in [-0.2, 0) is 17.8 Å². The molecule has 1 aliphatic rings. The molecule has 1 fully saturated rings. The molecule has 1 heterocycles. The topological polar surface area (TPSA) is 90.9 Å². The van der Waals surface area contributed by atoms with E-state index in [2.05, 4.69) is 29.3 Å². The highest BCUT2D eigenvalue weighted by atomic mass is 32.2. The Hall–Kier alpha value is -2.15. The van der Waals surface area contributed by atoms with Gasteiger partial charge in [0.25, 0.3) is 0 Å². The lowest BCUT2D eigenvalue weighted by molar-refractivity contribution is -0.118. The molecule has 0 atom stereocenters. The van der Waals surface area contributed by atoms with Crippen molar-refractivity contribution in [3.8, 4) is 0 Å². The zero-order chi connectivity index (χ0) is 20.6. The largest absolute Gasteiger partial charge is 0.370 e. The Morgan fingerprint density at radius 2 is 1.90 bits per heavy atom. The minimum absolute atomic E-state index is 0.0740. The van der Waals surface area contributed by atoms with E-state index in [0.717, 1.165) is 30.7 Å². The Morgan fingerprint density at radius 1 is 1.14 bits per heavy atom. The van der Waals surface area contributed by atoms with Gasteiger partial charge in [-0.25, -0.2) is 0 Å². The number of thioether (sulfide) groups is 1. The molecular formula is C22H30N4O2S. The second kappa shape index (κ2) is 10.6. The summed E-state index contributed by atoms with van der Waals surface area (Å²) in [7, 11) is 0. The smallest absolute Gasteiger partial charge is 0.219 e. The monoisotopic (exact) mass is 414 g/mol. The summed E-state index contributed by atoms with van der Waals surface area (Å²) in [4.78, 5) is 23.8. The van der Waals surface area contributed by atoms with E-state index in [1.807, 2.05) is 16.7 Å². The molecule has 2 N–H and O–H groups in total. The van der Waals surface area contributed by atoms with Crippen molar-refractivity contribution in [3.05, 3.63) is 41.2 Å². The molecule has 1 saturated carbocycles. The van der Waals surface area contributed by atoms with Crippen molar-refractivity contribution in [2.45, 2.75) is 75.9 Å². The van der Waals surface area contributed by atoms with Gasteiger partial charge >= 0.3 is 0 Å². The molecule has 29 heavy (non-hydrogen) atoms. The molecular weight excluding hydrogens is 384 g/mol. The van der Waals surface area contributed by atoms with Crippen LogP contribution in [0.3, 0.4) is 0 Å². The highest BCUT2D eigenvalue weighted by Crippen LogP contribution is 2.40. The van der Waals surface area contributed by atoms with Gasteiger partial charge in [-0.2, -0.15) is 0 Å². The van der Waals surface area contributed by atoms with Gasteiger partial charge in [-0.05, 0) is 31.2 Å². The third kappa shape index (κ3) is 6.42. The highest BCUT2D eigenvalue weighted by molar-refractivity contribution is 7.99. The van der Waals surface area contributed by atoms with E-state index in [1.165, 1.54) is 43.0 Å². The van der Waals surface area contributed by atoms with Gasteiger partial charge in [0.15, 0.2) is 10.9 Å². The number of aryl methyl sites for hydroxylation is 1. The van der Waals surface area contributed by atoms with Crippen LogP contribution in [0.25, 0.3) is 0 Å². The Kier molecular flexibility index (Phi) is 7.86. The number of carbonyl (C=O) groups is 2. The van der Waals surface area contributed by atoms with E-state index in [0.29, 0.717) is 23.4 Å². The molecule has 3 rings (SSSR count). The third-order valence-corrected chi connectivity index (χ3v) is 6.16. The van der Waals surface area contributed by atoms with Gasteiger partial charge in [0.2, 0.25) is 5.91 Å². The first-order chi connectivity index (χ1) is 14.1. The maximum Gasteiger partial charge on any atom is 0.219 e. The summed E-state index contributed by atoms with van der Waals surface area (Å²) in [6.07, 6.45) is 8.49. The van der Waals surface area contributed by atoms with E-state index in [9.17, 15) is 9.59 Å². The Morgan fingerprint density at radius 3 is 2.55 bits per heavy atom. The normalized spacial score (nSPS) is 13.6. The van der Waals surface area contributed by atoms with Crippen molar-refractivity contribution in [2.24, 2.45) is 5.73 Å². The van der Waals surface area contributed by atoms with Gasteiger partial charge in [0.05, 0.1) is 5.75 Å². The summed E-state index contributed by atoms with van der Waals surface area (Å²) in [5.74, 6) is 1.36. The molecule has 1 amide bonds. The molecule has 0 unspecified atom stereocenters. The number of amides is 1. The van der Waals surface area contributed by atoms with Crippen LogP contribution in [-0.4, -0.2) is 32.2 Å². The van der Waals surface area contributed by atoms with Crippen molar-refractivity contribution >= 4 is 23.5 Å². The zero-order valence-corrected chi connectivity index (χ0v) is 17.9. The van der Waals surface area contributed by atoms with Crippen LogP contribution in [0.4, 0.5) is 0 Å². The van der Waals surface area contributed by atoms with Crippen LogP contribution in [0.1, 0.15) is 79.5 Å². The van der Waals surface area contributed by atoms with Crippen LogP contribution in [0.5, 0.6) is 0 Å². The van der Waals surface area contributed by atoms with Crippen molar-refractivity contribution in [1.29, 1.82) is 0 Å². The van der Waals surface area contributed by atoms with Crippen LogP contribution in [0, 0.1) is 0 Å². The molecule has 6 nitrogen and oxygen atoms in total. The number of ketones is 1. The quantitative estimate of drug-likeness (QED) is 0.302. The number of nitrogens with zero attached hydrogens (tertiary/aromatic N) is 3. The average Bonchev–Trinajstić information content (AvgIpc) is 3.48. The fourth-order valence-corrected chi connectivity index (χ4v) is 4.18. The molecule has 0 bridgehead atoms. The Bertz CT molecular complexity index is 828. The third-order valence-electron chi connectivity index (χ3n) is 5.20. The Labute approximate surface area is 176 Å². The lowest BCUT2D eigenvalue weighted by Gasteiger charge is -2.08. The van der Waals surface area contributed by atoms with Crippen LogP contribution < -0.4 is 5.73 Å². The van der Waals surface area contributed by atoms with E-state index < -0.39 is 0 Å². The van der Waals surface area contributed by atoms with Crippen LogP contribution >= 0.6 is 11.8 Å². The number of rotatable bonds is 13. The lowest BCUT2D eigenvalue weighted by atomic mass is 10.0. The van der Waals surface area contributed by atoms with Crippen LogP contribution in [0.15, 0.2) is 29.4 Å². The molecule has 1 aromatic carbocycles. The van der Waals surface area contributed by atoms with E-state index >= 15 is 0 Å². The molecule has 1 aromatic heterocycles. The summed E-state index contributed by atoms with van der Waals surface area (Å²) in [6.45, 7) is 2.68. The first-order valence-electron chi connectivity index (χ1n) is 10.5. The molecule has 2 aromatic rings. The van der Waals surface area contributed by atoms with Crippen molar-refractivity contribution in [2.75, 3.05) is 5.75 Å². The van der Waals surface area contributed by atoms with E-state index in [1.54, 1.807) is 0 Å². The number of aromatic nitrogens is 3. The average molecular weight is 415 g/mol. The van der Waals surface area contributed by atoms with Gasteiger partial charge in [0, 0.05) is 24.4 Å². The fourth-order valence-electron chi connectivity index (χ4n) is 3.31. The van der Waals surface area contributed by atoms with Crippen molar-refractivity contribution < 1.29 is 9.59 Å². The molecule has 1 aliphatic carbocycles. The molecule has 0 saturated heterocycles. The molecule has 7 heteroatoms. The molecule has 156 valence electrons. The zero-order valence-electron chi connectivity index (χ0n) is 17.1. The van der Waals surface area contributed by atoms with Gasteiger partial charge in [-0.3, -0.25) is 9.59 Å². The SMILES string of the molecule is CCCCCCc1ccc(C(=O)CSc2nnc(C3CC3)n2CCC(N)=O)cc1. The molecule has 0 aliphatic heterocycles. The summed E-state index contributed by atoms with van der Waals surface area (Å²) >= 11 is 1.38. The second-order valence-electron chi connectivity index (χ2n) is 7.70. The molecule has 0 radical (unpaired) electrons. The maximum atomic E-state index is 12.6. The van der Waals surface area contributed by atoms with E-state index in [-0.39, 0.29) is 18.1 Å². The minimum Gasteiger partial charge on any atom is -0.370 e. The summed E-state index contributed by atoms with van der Waals surface area (Å²) in [6, 6.07) is 7.96. The molecule has 0 spiro atoms. The first kappa shape index (κ1) is 21.6. The van der Waals surface area contributed by atoms with Crippen molar-refractivity contribution in [3.63, 3.8) is 0 Å². The van der Waals surface area contributed by atoms with Gasteiger partial charge in [0.1, 0.15) is 5.82 Å². The van der Waals surface area contributed by atoms with Crippen LogP contribution in [0.2, 0.25) is 0 Å². The number of primary amides is 1. The number of carbonyl (C=O) groups excluding carboxylic acids is 2. The summed E-state index contributed by atoms with van der Waals surface area (Å²) in [5.41, 5.74) is 7.31. The predicted octanol–water partition coefficient (Wildman–Crippen LogP) is 4.13. The number of nitrogens with two attached hydrogens (primary N) is 1. The number of benzene rings is 1. The number of hydrogen-bond donors (Lipinski definition) is 1. The number of Topliss-reactive ketones (excluding diaryl/α,β-unsaturated/α-hetero) is 1. The predicted molar refractivity (Wildman–Crippen MR) is 115 cm³/mol. The number of unbranched alkanes of at least 4 members (excludes halogenated alkanes) is 3. The van der Waals surface area contributed by atoms with Gasteiger partial charge in [-0.15, -0.1) is 10.2 Å². The summed E-state index contributed by atoms with van der Waals surface area (Å²) < 4.78 is 1.96. The minimum atomic E-state index is -0.345. The first-order valence-corrected chi connectivity index (χ1v) is 11.5. The van der Waals surface area contributed by atoms with Gasteiger partial charge < -0.3 is 10.3 Å². The lowest BCUT2D eigenvalue weighted by Crippen LogP contribution is -2.16.